The number of nitrogens with zero attached hydrogens (tertiary/aromatic N) is 2. The highest BCUT2D eigenvalue weighted by Crippen LogP contribution is 2.35. The number of rotatable bonds is 5. The second kappa shape index (κ2) is 6.71. The number of ether oxygens (including phenoxy) is 1. The van der Waals surface area contributed by atoms with Crippen LogP contribution in [-0.4, -0.2) is 60.6 Å². The van der Waals surface area contributed by atoms with E-state index in [-0.39, 0.29) is 11.5 Å². The Morgan fingerprint density at radius 3 is 2.26 bits per heavy atom. The summed E-state index contributed by atoms with van der Waals surface area (Å²) in [6.45, 7) is 10.3. The maximum Gasteiger partial charge on any atom is 0.307 e. The van der Waals surface area contributed by atoms with E-state index in [1.54, 1.807) is 0 Å². The van der Waals surface area contributed by atoms with Gasteiger partial charge in [-0.3, -0.25) is 9.69 Å². The van der Waals surface area contributed by atoms with Crippen LogP contribution in [0.2, 0.25) is 0 Å². The van der Waals surface area contributed by atoms with Crippen LogP contribution in [0.5, 0.6) is 0 Å². The predicted molar refractivity (Wildman–Crippen MR) is 76.1 cm³/mol. The Morgan fingerprint density at radius 2 is 1.74 bits per heavy atom. The number of piperidine rings is 1. The molecule has 0 saturated carbocycles. The molecule has 0 aromatic carbocycles. The van der Waals surface area contributed by atoms with Crippen LogP contribution in [0.4, 0.5) is 0 Å². The molecule has 2 aliphatic rings. The normalized spacial score (nSPS) is 24.5. The summed E-state index contributed by atoms with van der Waals surface area (Å²) in [5, 5.41) is 0. The monoisotopic (exact) mass is 268 g/mol. The molecule has 0 spiro atoms. The highest BCUT2D eigenvalue weighted by atomic mass is 16.5. The van der Waals surface area contributed by atoms with Crippen molar-refractivity contribution in [3.63, 3.8) is 0 Å². The molecular weight excluding hydrogens is 240 g/mol. The molecule has 110 valence electrons. The summed E-state index contributed by atoms with van der Waals surface area (Å²) in [7, 11) is 0. The summed E-state index contributed by atoms with van der Waals surface area (Å²) >= 11 is 0. The van der Waals surface area contributed by atoms with Gasteiger partial charge in [0.25, 0.3) is 0 Å². The first-order valence-electron chi connectivity index (χ1n) is 7.83. The molecule has 0 aliphatic carbocycles. The van der Waals surface area contributed by atoms with Crippen molar-refractivity contribution in [3.8, 4) is 0 Å². The zero-order chi connectivity index (χ0) is 13.7. The molecule has 0 radical (unpaired) electrons. The van der Waals surface area contributed by atoms with Crippen LogP contribution in [0.1, 0.15) is 46.0 Å². The maximum absolute atomic E-state index is 12.0. The van der Waals surface area contributed by atoms with Gasteiger partial charge in [0.05, 0.1) is 13.0 Å². The highest BCUT2D eigenvalue weighted by Gasteiger charge is 2.42. The van der Waals surface area contributed by atoms with Crippen molar-refractivity contribution in [2.24, 2.45) is 0 Å². The number of esters is 1. The number of carbonyl (C=O) groups excluding carboxylic acids is 1. The van der Waals surface area contributed by atoms with E-state index in [2.05, 4.69) is 16.7 Å². The topological polar surface area (TPSA) is 32.8 Å². The second-order valence-corrected chi connectivity index (χ2v) is 5.83. The van der Waals surface area contributed by atoms with E-state index < -0.39 is 0 Å². The van der Waals surface area contributed by atoms with E-state index >= 15 is 0 Å². The van der Waals surface area contributed by atoms with E-state index in [4.69, 9.17) is 4.74 Å². The lowest BCUT2D eigenvalue weighted by molar-refractivity contribution is -0.147. The fourth-order valence-electron chi connectivity index (χ4n) is 3.56. The van der Waals surface area contributed by atoms with Crippen LogP contribution >= 0.6 is 0 Å². The molecule has 19 heavy (non-hydrogen) atoms. The van der Waals surface area contributed by atoms with E-state index in [0.717, 1.165) is 45.6 Å². The van der Waals surface area contributed by atoms with Crippen molar-refractivity contribution < 1.29 is 9.53 Å². The van der Waals surface area contributed by atoms with Crippen LogP contribution in [0.3, 0.4) is 0 Å². The van der Waals surface area contributed by atoms with E-state index in [9.17, 15) is 4.79 Å². The fourth-order valence-corrected chi connectivity index (χ4v) is 3.56. The standard InChI is InChI=1S/C15H28N2O2/c1-3-16-11-7-15(8-12-16,13-14(18)19-4-2)17-9-5-6-10-17/h3-13H2,1-2H3. The molecule has 0 aromatic heterocycles. The molecule has 2 heterocycles. The van der Waals surface area contributed by atoms with Crippen LogP contribution in [0, 0.1) is 0 Å². The van der Waals surface area contributed by atoms with Crippen molar-refractivity contribution in [2.75, 3.05) is 39.3 Å². The minimum atomic E-state index is -0.0145. The van der Waals surface area contributed by atoms with Gasteiger partial charge < -0.3 is 9.64 Å². The largest absolute Gasteiger partial charge is 0.466 e. The molecule has 0 N–H and O–H groups in total. The van der Waals surface area contributed by atoms with E-state index in [0.29, 0.717) is 13.0 Å². The molecule has 0 bridgehead atoms. The summed E-state index contributed by atoms with van der Waals surface area (Å²) in [6, 6.07) is 0. The fraction of sp³-hybridized carbons (Fsp3) is 0.933. The van der Waals surface area contributed by atoms with Crippen LogP contribution in [0.15, 0.2) is 0 Å². The molecule has 4 nitrogen and oxygen atoms in total. The molecule has 2 aliphatic heterocycles. The van der Waals surface area contributed by atoms with Gasteiger partial charge in [0.15, 0.2) is 0 Å². The minimum absolute atomic E-state index is 0.0145. The Kier molecular flexibility index (Phi) is 5.22. The molecule has 0 atom stereocenters. The zero-order valence-electron chi connectivity index (χ0n) is 12.5. The first kappa shape index (κ1) is 14.8. The van der Waals surface area contributed by atoms with Crippen LogP contribution in [0.25, 0.3) is 0 Å². The predicted octanol–water partition coefficient (Wildman–Crippen LogP) is 1.89. The molecule has 2 rings (SSSR count). The molecule has 0 amide bonds. The quantitative estimate of drug-likeness (QED) is 0.713. The van der Waals surface area contributed by atoms with E-state index in [1.807, 2.05) is 6.92 Å². The van der Waals surface area contributed by atoms with Crippen LogP contribution in [-0.2, 0) is 9.53 Å². The van der Waals surface area contributed by atoms with Crippen molar-refractivity contribution in [3.05, 3.63) is 0 Å². The first-order chi connectivity index (χ1) is 9.20. The zero-order valence-corrected chi connectivity index (χ0v) is 12.5. The third-order valence-corrected chi connectivity index (χ3v) is 4.79. The number of carbonyl (C=O) groups is 1. The molecule has 2 saturated heterocycles. The Labute approximate surface area is 117 Å². The smallest absolute Gasteiger partial charge is 0.307 e. The van der Waals surface area contributed by atoms with Gasteiger partial charge in [-0.1, -0.05) is 6.92 Å². The van der Waals surface area contributed by atoms with Crippen LogP contribution < -0.4 is 0 Å². The SMILES string of the molecule is CCOC(=O)CC1(N2CCCC2)CCN(CC)CC1. The van der Waals surface area contributed by atoms with Gasteiger partial charge in [-0.15, -0.1) is 0 Å². The van der Waals surface area contributed by atoms with Gasteiger partial charge in [-0.25, -0.2) is 0 Å². The summed E-state index contributed by atoms with van der Waals surface area (Å²) in [5.74, 6) is -0.0145. The number of likely N-dealkylation sites (tertiary alicyclic amines) is 2. The number of hydrogen-bond donors (Lipinski definition) is 0. The lowest BCUT2D eigenvalue weighted by atomic mass is 9.82. The summed E-state index contributed by atoms with van der Waals surface area (Å²) < 4.78 is 5.20. The van der Waals surface area contributed by atoms with Gasteiger partial charge >= 0.3 is 5.97 Å². The third-order valence-electron chi connectivity index (χ3n) is 4.79. The molecule has 0 aromatic rings. The maximum atomic E-state index is 12.0. The number of hydrogen-bond acceptors (Lipinski definition) is 4. The summed E-state index contributed by atoms with van der Waals surface area (Å²) in [4.78, 5) is 17.0. The Hall–Kier alpha value is -0.610. The van der Waals surface area contributed by atoms with E-state index in [1.165, 1.54) is 12.8 Å². The Morgan fingerprint density at radius 1 is 1.11 bits per heavy atom. The molecule has 4 heteroatoms. The van der Waals surface area contributed by atoms with Crippen molar-refractivity contribution in [1.29, 1.82) is 0 Å². The molecule has 0 unspecified atom stereocenters. The minimum Gasteiger partial charge on any atom is -0.466 e. The lowest BCUT2D eigenvalue weighted by Crippen LogP contribution is -2.55. The van der Waals surface area contributed by atoms with Gasteiger partial charge in [-0.05, 0) is 65.3 Å². The first-order valence-corrected chi connectivity index (χ1v) is 7.83. The lowest BCUT2D eigenvalue weighted by Gasteiger charge is -2.47. The average molecular weight is 268 g/mol. The molecule has 2 fully saturated rings. The average Bonchev–Trinajstić information content (AvgIpc) is 2.94. The Balaban J connectivity index is 2.03. The van der Waals surface area contributed by atoms with Crippen molar-refractivity contribution in [1.82, 2.24) is 9.80 Å². The van der Waals surface area contributed by atoms with Gasteiger partial charge in [0, 0.05) is 5.54 Å². The highest BCUT2D eigenvalue weighted by molar-refractivity contribution is 5.71. The van der Waals surface area contributed by atoms with Gasteiger partial charge in [0.1, 0.15) is 0 Å². The van der Waals surface area contributed by atoms with Gasteiger partial charge in [-0.2, -0.15) is 0 Å². The summed E-state index contributed by atoms with van der Waals surface area (Å²) in [5.41, 5.74) is 0.0778. The summed E-state index contributed by atoms with van der Waals surface area (Å²) in [6.07, 6.45) is 5.36. The van der Waals surface area contributed by atoms with Crippen molar-refractivity contribution in [2.45, 2.75) is 51.5 Å². The second-order valence-electron chi connectivity index (χ2n) is 5.83. The Bertz CT molecular complexity index is 293. The van der Waals surface area contributed by atoms with Crippen molar-refractivity contribution >= 4 is 5.97 Å². The third kappa shape index (κ3) is 3.48. The molecular formula is C15H28N2O2. The van der Waals surface area contributed by atoms with Gasteiger partial charge in [0.2, 0.25) is 0 Å².